The lowest BCUT2D eigenvalue weighted by Crippen LogP contribution is -2.46. The molecule has 2 aromatic rings. The number of nitrogens with zero attached hydrogens (tertiary/aromatic N) is 5. The van der Waals surface area contributed by atoms with E-state index >= 15 is 0 Å². The molecule has 0 radical (unpaired) electrons. The van der Waals surface area contributed by atoms with Gasteiger partial charge in [0.05, 0.1) is 12.5 Å². The average Bonchev–Trinajstić information content (AvgIpc) is 3.63. The number of aryl methyl sites for hydroxylation is 1. The molecule has 5 rings (SSSR count). The van der Waals surface area contributed by atoms with Crippen molar-refractivity contribution in [2.24, 2.45) is 13.0 Å². The summed E-state index contributed by atoms with van der Waals surface area (Å²) in [5.41, 5.74) is 3.84. The molecule has 1 N–H and O–H groups in total. The van der Waals surface area contributed by atoms with E-state index < -0.39 is 0 Å². The summed E-state index contributed by atoms with van der Waals surface area (Å²) >= 11 is 0. The van der Waals surface area contributed by atoms with Gasteiger partial charge in [-0.2, -0.15) is 5.10 Å². The first-order valence-corrected chi connectivity index (χ1v) is 12.5. The predicted molar refractivity (Wildman–Crippen MR) is 132 cm³/mol. The van der Waals surface area contributed by atoms with E-state index in [4.69, 9.17) is 0 Å². The second-order valence-electron chi connectivity index (χ2n) is 10.2. The Balaban J connectivity index is 1.33. The van der Waals surface area contributed by atoms with E-state index in [9.17, 15) is 14.4 Å². The fraction of sp³-hybridized carbons (Fsp3) is 0.538. The van der Waals surface area contributed by atoms with Crippen molar-refractivity contribution in [2.75, 3.05) is 38.6 Å². The van der Waals surface area contributed by atoms with Crippen LogP contribution >= 0.6 is 0 Å². The van der Waals surface area contributed by atoms with Gasteiger partial charge >= 0.3 is 0 Å². The van der Waals surface area contributed by atoms with E-state index in [1.54, 1.807) is 14.5 Å². The van der Waals surface area contributed by atoms with E-state index in [1.165, 1.54) is 0 Å². The fourth-order valence-corrected chi connectivity index (χ4v) is 5.11. The molecule has 2 fully saturated rings. The van der Waals surface area contributed by atoms with Crippen molar-refractivity contribution in [2.45, 2.75) is 44.7 Å². The Labute approximate surface area is 206 Å². The van der Waals surface area contributed by atoms with Gasteiger partial charge in [-0.1, -0.05) is 6.07 Å². The van der Waals surface area contributed by atoms with Gasteiger partial charge in [0.15, 0.2) is 5.69 Å². The minimum Gasteiger partial charge on any atom is -0.378 e. The lowest BCUT2D eigenvalue weighted by atomic mass is 9.96. The van der Waals surface area contributed by atoms with Gasteiger partial charge in [0, 0.05) is 75.7 Å². The monoisotopic (exact) mass is 478 g/mol. The van der Waals surface area contributed by atoms with Crippen LogP contribution in [0.5, 0.6) is 0 Å². The van der Waals surface area contributed by atoms with Crippen molar-refractivity contribution in [3.63, 3.8) is 0 Å². The predicted octanol–water partition coefficient (Wildman–Crippen LogP) is 1.82. The Morgan fingerprint density at radius 1 is 1.06 bits per heavy atom. The minimum atomic E-state index is -0.171. The number of rotatable bonds is 5. The molecular weight excluding hydrogens is 444 g/mol. The number of amides is 3. The van der Waals surface area contributed by atoms with Gasteiger partial charge in [-0.3, -0.25) is 19.1 Å². The van der Waals surface area contributed by atoms with Crippen molar-refractivity contribution in [1.29, 1.82) is 0 Å². The molecule has 1 aromatic carbocycles. The fourth-order valence-electron chi connectivity index (χ4n) is 5.11. The van der Waals surface area contributed by atoms with Crippen LogP contribution in [0, 0.1) is 5.92 Å². The molecule has 9 nitrogen and oxygen atoms in total. The molecule has 1 atom stereocenters. The summed E-state index contributed by atoms with van der Waals surface area (Å²) in [5.74, 6) is -0.300. The number of aromatic nitrogens is 2. The molecule has 186 valence electrons. The molecule has 35 heavy (non-hydrogen) atoms. The Bertz CT molecular complexity index is 1150. The van der Waals surface area contributed by atoms with Gasteiger partial charge in [-0.15, -0.1) is 0 Å². The molecule has 2 aliphatic heterocycles. The Kier molecular flexibility index (Phi) is 6.25. The summed E-state index contributed by atoms with van der Waals surface area (Å²) in [6, 6.07) is 7.91. The molecule has 0 spiro atoms. The lowest BCUT2D eigenvalue weighted by molar-refractivity contribution is -0.126. The SMILES string of the molecule is CN(C)c1cccc(C(=O)N2CCc3c(c(C(=O)N4CCCC(C(=O)NC5CC5)C4)nn3C)C2)c1. The van der Waals surface area contributed by atoms with Crippen LogP contribution in [0.1, 0.15) is 57.8 Å². The highest BCUT2D eigenvalue weighted by Gasteiger charge is 2.35. The number of anilines is 1. The number of hydrogen-bond donors (Lipinski definition) is 1. The van der Waals surface area contributed by atoms with Crippen LogP contribution in [0.3, 0.4) is 0 Å². The molecule has 1 unspecified atom stereocenters. The molecular formula is C26H34N6O3. The zero-order valence-electron chi connectivity index (χ0n) is 20.8. The third kappa shape index (κ3) is 4.76. The molecule has 1 saturated carbocycles. The number of likely N-dealkylation sites (tertiary alicyclic amines) is 1. The number of carbonyl (C=O) groups excluding carboxylic acids is 3. The minimum absolute atomic E-state index is 0.0450. The summed E-state index contributed by atoms with van der Waals surface area (Å²) in [4.78, 5) is 45.0. The van der Waals surface area contributed by atoms with E-state index in [0.717, 1.165) is 42.6 Å². The second-order valence-corrected chi connectivity index (χ2v) is 10.2. The summed E-state index contributed by atoms with van der Waals surface area (Å²) in [5, 5.41) is 7.66. The largest absolute Gasteiger partial charge is 0.378 e. The maximum Gasteiger partial charge on any atom is 0.274 e. The van der Waals surface area contributed by atoms with Crippen LogP contribution in [-0.2, 0) is 24.8 Å². The van der Waals surface area contributed by atoms with Crippen LogP contribution < -0.4 is 10.2 Å². The lowest BCUT2D eigenvalue weighted by Gasteiger charge is -2.32. The highest BCUT2D eigenvalue weighted by molar-refractivity contribution is 5.97. The number of carbonyl (C=O) groups is 3. The molecule has 9 heteroatoms. The third-order valence-electron chi connectivity index (χ3n) is 7.34. The Morgan fingerprint density at radius 3 is 2.60 bits per heavy atom. The van der Waals surface area contributed by atoms with Gasteiger partial charge in [0.1, 0.15) is 0 Å². The molecule has 3 amide bonds. The normalized spacial score (nSPS) is 19.8. The quantitative estimate of drug-likeness (QED) is 0.708. The number of piperidine rings is 1. The molecule has 3 aliphatic rings. The number of benzene rings is 1. The topological polar surface area (TPSA) is 90.8 Å². The molecule has 3 heterocycles. The summed E-state index contributed by atoms with van der Waals surface area (Å²) in [6.45, 7) is 1.98. The number of nitrogens with one attached hydrogen (secondary N) is 1. The first kappa shape index (κ1) is 23.4. The average molecular weight is 479 g/mol. The van der Waals surface area contributed by atoms with E-state index in [-0.39, 0.29) is 23.6 Å². The summed E-state index contributed by atoms with van der Waals surface area (Å²) in [6.07, 6.45) is 4.36. The van der Waals surface area contributed by atoms with Gasteiger partial charge in [0.2, 0.25) is 5.91 Å². The highest BCUT2D eigenvalue weighted by atomic mass is 16.2. The van der Waals surface area contributed by atoms with Gasteiger partial charge < -0.3 is 20.0 Å². The van der Waals surface area contributed by atoms with Crippen LogP contribution in [-0.4, -0.2) is 77.1 Å². The first-order chi connectivity index (χ1) is 16.8. The highest BCUT2D eigenvalue weighted by Crippen LogP contribution is 2.27. The number of hydrogen-bond acceptors (Lipinski definition) is 5. The first-order valence-electron chi connectivity index (χ1n) is 12.5. The van der Waals surface area contributed by atoms with E-state index in [0.29, 0.717) is 49.9 Å². The zero-order valence-corrected chi connectivity index (χ0v) is 20.8. The van der Waals surface area contributed by atoms with Crippen LogP contribution in [0.15, 0.2) is 24.3 Å². The van der Waals surface area contributed by atoms with Crippen molar-refractivity contribution < 1.29 is 14.4 Å². The van der Waals surface area contributed by atoms with Crippen molar-refractivity contribution >= 4 is 23.4 Å². The maximum atomic E-state index is 13.6. The van der Waals surface area contributed by atoms with Gasteiger partial charge in [0.25, 0.3) is 11.8 Å². The zero-order chi connectivity index (χ0) is 24.7. The molecule has 0 bridgehead atoms. The molecule has 1 aromatic heterocycles. The van der Waals surface area contributed by atoms with Crippen molar-refractivity contribution in [1.82, 2.24) is 24.9 Å². The molecule has 1 saturated heterocycles. The Morgan fingerprint density at radius 2 is 1.86 bits per heavy atom. The summed E-state index contributed by atoms with van der Waals surface area (Å²) in [7, 11) is 5.76. The smallest absolute Gasteiger partial charge is 0.274 e. The Hall–Kier alpha value is -3.36. The van der Waals surface area contributed by atoms with Crippen LogP contribution in [0.25, 0.3) is 0 Å². The van der Waals surface area contributed by atoms with E-state index in [1.807, 2.05) is 50.3 Å². The van der Waals surface area contributed by atoms with E-state index in [2.05, 4.69) is 10.4 Å². The van der Waals surface area contributed by atoms with Gasteiger partial charge in [-0.25, -0.2) is 0 Å². The van der Waals surface area contributed by atoms with Crippen LogP contribution in [0.2, 0.25) is 0 Å². The van der Waals surface area contributed by atoms with Crippen molar-refractivity contribution in [3.05, 3.63) is 46.8 Å². The van der Waals surface area contributed by atoms with Crippen molar-refractivity contribution in [3.8, 4) is 0 Å². The van der Waals surface area contributed by atoms with Gasteiger partial charge in [-0.05, 0) is 43.9 Å². The molecule has 1 aliphatic carbocycles. The third-order valence-corrected chi connectivity index (χ3v) is 7.34. The second kappa shape index (κ2) is 9.36. The standard InChI is InChI=1S/C26H34N6O3/c1-29(2)20-8-4-6-17(14-20)25(34)32-13-11-22-21(16-32)23(28-30(22)3)26(35)31-12-5-7-18(15-31)24(33)27-19-9-10-19/h4,6,8,14,18-19H,5,7,9-13,15-16H2,1-3H3,(H,27,33). The maximum absolute atomic E-state index is 13.6. The van der Waals surface area contributed by atoms with Crippen LogP contribution in [0.4, 0.5) is 5.69 Å². The number of fused-ring (bicyclic) bond motifs is 1. The summed E-state index contributed by atoms with van der Waals surface area (Å²) < 4.78 is 1.78.